The van der Waals surface area contributed by atoms with Gasteiger partial charge in [-0.2, -0.15) is 9.97 Å². The molecule has 4 rings (SSSR count). The Morgan fingerprint density at radius 2 is 1.45 bits per heavy atom. The molecule has 7 heteroatoms. The van der Waals surface area contributed by atoms with Gasteiger partial charge in [0.1, 0.15) is 17.8 Å². The molecule has 0 atom stereocenters. The van der Waals surface area contributed by atoms with Crippen LogP contribution in [0.5, 0.6) is 23.3 Å². The van der Waals surface area contributed by atoms with E-state index in [-0.39, 0.29) is 17.4 Å². The first-order valence-electron chi connectivity index (χ1n) is 8.77. The molecular formula is C22H17N3O4. The first kappa shape index (κ1) is 18.2. The molecule has 0 spiro atoms. The van der Waals surface area contributed by atoms with Crippen molar-refractivity contribution in [1.29, 1.82) is 0 Å². The minimum absolute atomic E-state index is 0.154. The van der Waals surface area contributed by atoms with Crippen LogP contribution in [-0.4, -0.2) is 23.0 Å². The monoisotopic (exact) mass is 387 g/mol. The minimum atomic E-state index is -0.427. The van der Waals surface area contributed by atoms with Gasteiger partial charge >= 0.3 is 5.97 Å². The van der Waals surface area contributed by atoms with Gasteiger partial charge in [-0.1, -0.05) is 30.3 Å². The zero-order valence-corrected chi connectivity index (χ0v) is 15.5. The molecular weight excluding hydrogens is 370 g/mol. The number of esters is 1. The fourth-order valence-corrected chi connectivity index (χ4v) is 2.76. The Bertz CT molecular complexity index is 1180. The molecule has 0 radical (unpaired) electrons. The Labute approximate surface area is 166 Å². The fraction of sp³-hybridized carbons (Fsp3) is 0.0455. The van der Waals surface area contributed by atoms with Crippen molar-refractivity contribution >= 4 is 22.4 Å². The van der Waals surface area contributed by atoms with Gasteiger partial charge in [0.25, 0.3) is 0 Å². The third-order valence-corrected chi connectivity index (χ3v) is 4.24. The second kappa shape index (κ2) is 7.85. The molecule has 1 heterocycles. The van der Waals surface area contributed by atoms with E-state index >= 15 is 0 Å². The zero-order valence-electron chi connectivity index (χ0n) is 15.5. The van der Waals surface area contributed by atoms with Crippen LogP contribution in [0.4, 0.5) is 5.69 Å². The third-order valence-electron chi connectivity index (χ3n) is 4.24. The van der Waals surface area contributed by atoms with Gasteiger partial charge in [-0.25, -0.2) is 4.79 Å². The number of rotatable bonds is 5. The smallest absolute Gasteiger partial charge is 0.337 e. The number of nitrogen functional groups attached to an aromatic ring is 1. The van der Waals surface area contributed by atoms with Crippen LogP contribution in [0.2, 0.25) is 0 Å². The maximum Gasteiger partial charge on any atom is 0.337 e. The molecule has 4 aromatic rings. The normalized spacial score (nSPS) is 10.5. The number of nitrogens with two attached hydrogens (primary N) is 1. The maximum atomic E-state index is 11.5. The second-order valence-corrected chi connectivity index (χ2v) is 6.13. The third kappa shape index (κ3) is 3.93. The molecule has 7 nitrogen and oxygen atoms in total. The van der Waals surface area contributed by atoms with E-state index in [1.54, 1.807) is 24.3 Å². The van der Waals surface area contributed by atoms with Crippen molar-refractivity contribution in [2.24, 2.45) is 0 Å². The number of carbonyl (C=O) groups excluding carboxylic acids is 1. The molecule has 0 bridgehead atoms. The number of ether oxygens (including phenoxy) is 3. The minimum Gasteiger partial charge on any atom is -0.465 e. The van der Waals surface area contributed by atoms with Crippen LogP contribution in [0, 0.1) is 0 Å². The summed E-state index contributed by atoms with van der Waals surface area (Å²) in [4.78, 5) is 19.7. The van der Waals surface area contributed by atoms with Crippen molar-refractivity contribution in [3.8, 4) is 23.3 Å². The van der Waals surface area contributed by atoms with Gasteiger partial charge in [0.15, 0.2) is 5.69 Å². The molecule has 144 valence electrons. The summed E-state index contributed by atoms with van der Waals surface area (Å²) in [5, 5.41) is 2.15. The molecule has 0 unspecified atom stereocenters. The number of methoxy groups -OCH3 is 1. The molecule has 2 N–H and O–H groups in total. The molecule has 0 aliphatic heterocycles. The van der Waals surface area contributed by atoms with Crippen molar-refractivity contribution in [3.63, 3.8) is 0 Å². The van der Waals surface area contributed by atoms with Gasteiger partial charge in [-0.05, 0) is 47.2 Å². The summed E-state index contributed by atoms with van der Waals surface area (Å²) in [5.41, 5.74) is 6.72. The first-order valence-corrected chi connectivity index (χ1v) is 8.77. The van der Waals surface area contributed by atoms with E-state index in [1.165, 1.54) is 13.4 Å². The van der Waals surface area contributed by atoms with E-state index < -0.39 is 5.97 Å². The standard InChI is InChI=1S/C22H17N3O4/c1-27-22(26)15-7-9-17(10-8-15)28-20-19(23)21(25-13-24-20)29-18-11-6-14-4-2-3-5-16(14)12-18/h2-13H,23H2,1H3. The summed E-state index contributed by atoms with van der Waals surface area (Å²) in [5.74, 6) is 0.976. The number of hydrogen-bond acceptors (Lipinski definition) is 7. The molecule has 1 aromatic heterocycles. The second-order valence-electron chi connectivity index (χ2n) is 6.13. The summed E-state index contributed by atoms with van der Waals surface area (Å²) in [7, 11) is 1.32. The maximum absolute atomic E-state index is 11.5. The molecule has 0 amide bonds. The van der Waals surface area contributed by atoms with Crippen LogP contribution >= 0.6 is 0 Å². The highest BCUT2D eigenvalue weighted by Gasteiger charge is 2.13. The molecule has 3 aromatic carbocycles. The largest absolute Gasteiger partial charge is 0.465 e. The van der Waals surface area contributed by atoms with Crippen molar-refractivity contribution in [2.45, 2.75) is 0 Å². The lowest BCUT2D eigenvalue weighted by Gasteiger charge is -2.11. The van der Waals surface area contributed by atoms with E-state index in [0.717, 1.165) is 10.8 Å². The fourth-order valence-electron chi connectivity index (χ4n) is 2.76. The lowest BCUT2D eigenvalue weighted by Crippen LogP contribution is -2.02. The van der Waals surface area contributed by atoms with Crippen LogP contribution in [0.3, 0.4) is 0 Å². The van der Waals surface area contributed by atoms with E-state index in [1.807, 2.05) is 42.5 Å². The van der Waals surface area contributed by atoms with Crippen molar-refractivity contribution in [3.05, 3.63) is 78.6 Å². The number of aromatic nitrogens is 2. The Balaban J connectivity index is 1.55. The van der Waals surface area contributed by atoms with Gasteiger partial charge in [0, 0.05) is 0 Å². The highest BCUT2D eigenvalue weighted by Crippen LogP contribution is 2.34. The predicted molar refractivity (Wildman–Crippen MR) is 108 cm³/mol. The van der Waals surface area contributed by atoms with Crippen LogP contribution in [0.1, 0.15) is 10.4 Å². The Hall–Kier alpha value is -4.13. The first-order chi connectivity index (χ1) is 14.1. The van der Waals surface area contributed by atoms with E-state index in [0.29, 0.717) is 17.1 Å². The van der Waals surface area contributed by atoms with Gasteiger partial charge in [-0.3, -0.25) is 0 Å². The molecule has 0 saturated carbocycles. The Morgan fingerprint density at radius 3 is 2.14 bits per heavy atom. The number of anilines is 1. The Kier molecular flexibility index (Phi) is 4.94. The van der Waals surface area contributed by atoms with E-state index in [9.17, 15) is 4.79 Å². The zero-order chi connectivity index (χ0) is 20.2. The highest BCUT2D eigenvalue weighted by molar-refractivity contribution is 5.89. The SMILES string of the molecule is COC(=O)c1ccc(Oc2ncnc(Oc3ccc4ccccc4c3)c2N)cc1. The summed E-state index contributed by atoms with van der Waals surface area (Å²) in [6.07, 6.45) is 1.31. The summed E-state index contributed by atoms with van der Waals surface area (Å²) in [6, 6.07) is 20.1. The molecule has 0 saturated heterocycles. The summed E-state index contributed by atoms with van der Waals surface area (Å²) < 4.78 is 16.2. The number of nitrogens with zero attached hydrogens (tertiary/aromatic N) is 2. The van der Waals surface area contributed by atoms with Crippen LogP contribution in [0.25, 0.3) is 10.8 Å². The average molecular weight is 387 g/mol. The Morgan fingerprint density at radius 1 is 0.828 bits per heavy atom. The van der Waals surface area contributed by atoms with Crippen molar-refractivity contribution in [2.75, 3.05) is 12.8 Å². The van der Waals surface area contributed by atoms with Crippen LogP contribution in [0.15, 0.2) is 73.1 Å². The average Bonchev–Trinajstić information content (AvgIpc) is 2.76. The lowest BCUT2D eigenvalue weighted by molar-refractivity contribution is 0.0600. The molecule has 0 aliphatic carbocycles. The van der Waals surface area contributed by atoms with Gasteiger partial charge in [0.2, 0.25) is 11.8 Å². The number of hydrogen-bond donors (Lipinski definition) is 1. The summed E-state index contributed by atoms with van der Waals surface area (Å²) >= 11 is 0. The lowest BCUT2D eigenvalue weighted by atomic mass is 10.1. The number of carbonyl (C=O) groups is 1. The van der Waals surface area contributed by atoms with Gasteiger partial charge in [-0.15, -0.1) is 0 Å². The van der Waals surface area contributed by atoms with Crippen molar-refractivity contribution < 1.29 is 19.0 Å². The van der Waals surface area contributed by atoms with Crippen LogP contribution in [-0.2, 0) is 4.74 Å². The topological polar surface area (TPSA) is 96.6 Å². The predicted octanol–water partition coefficient (Wildman–Crippen LogP) is 4.58. The number of fused-ring (bicyclic) bond motifs is 1. The van der Waals surface area contributed by atoms with Crippen molar-refractivity contribution in [1.82, 2.24) is 9.97 Å². The highest BCUT2D eigenvalue weighted by atomic mass is 16.5. The van der Waals surface area contributed by atoms with Crippen LogP contribution < -0.4 is 15.2 Å². The molecule has 0 fully saturated rings. The van der Waals surface area contributed by atoms with Gasteiger partial charge in [0.05, 0.1) is 12.7 Å². The molecule has 0 aliphatic rings. The van der Waals surface area contributed by atoms with E-state index in [2.05, 4.69) is 14.7 Å². The van der Waals surface area contributed by atoms with Gasteiger partial charge < -0.3 is 19.9 Å². The number of benzene rings is 3. The quantitative estimate of drug-likeness (QED) is 0.501. The molecule has 29 heavy (non-hydrogen) atoms. The summed E-state index contributed by atoms with van der Waals surface area (Å²) in [6.45, 7) is 0. The van der Waals surface area contributed by atoms with E-state index in [4.69, 9.17) is 15.2 Å².